The number of piperazine rings is 1. The first kappa shape index (κ1) is 23.4. The summed E-state index contributed by atoms with van der Waals surface area (Å²) in [7, 11) is 1.40. The molecule has 0 unspecified atom stereocenters. The Hall–Kier alpha value is -2.75. The number of aromatic nitrogens is 2. The predicted molar refractivity (Wildman–Crippen MR) is 137 cm³/mol. The minimum Gasteiger partial charge on any atom is -0.465 e. The molecule has 0 aliphatic carbocycles. The number of esters is 1. The number of carbonyl (C=O) groups is 1. The summed E-state index contributed by atoms with van der Waals surface area (Å²) in [5.41, 5.74) is 4.08. The van der Waals surface area contributed by atoms with E-state index < -0.39 is 0 Å². The van der Waals surface area contributed by atoms with Crippen molar-refractivity contribution < 1.29 is 9.53 Å². The molecule has 9 heteroatoms. The van der Waals surface area contributed by atoms with Gasteiger partial charge in [0.15, 0.2) is 5.11 Å². The first-order chi connectivity index (χ1) is 16.0. The van der Waals surface area contributed by atoms with Gasteiger partial charge in [-0.25, -0.2) is 4.79 Å². The molecule has 3 aromatic rings. The second kappa shape index (κ2) is 10.5. The van der Waals surface area contributed by atoms with Crippen LogP contribution >= 0.6 is 23.6 Å². The Morgan fingerprint density at radius 2 is 1.94 bits per heavy atom. The van der Waals surface area contributed by atoms with Gasteiger partial charge in [0.1, 0.15) is 5.00 Å². The molecule has 33 heavy (non-hydrogen) atoms. The number of hydrogen-bond acceptors (Lipinski definition) is 6. The molecular weight excluding hydrogens is 454 g/mol. The standard InChI is InChI=1S/C24H29N5O2S2/c1-4-29-17(2)19(15-25-29)16-27-10-12-28(13-11-27)24(32)26-22-20(23(30)31-3)14-21(33-22)18-8-6-5-7-9-18/h5-9,14-15H,4,10-13,16H2,1-3H3,(H,26,32). The van der Waals surface area contributed by atoms with E-state index in [9.17, 15) is 4.79 Å². The number of thiocarbonyl (C=S) groups is 1. The monoisotopic (exact) mass is 483 g/mol. The number of ether oxygens (including phenoxy) is 1. The summed E-state index contributed by atoms with van der Waals surface area (Å²) in [6, 6.07) is 11.9. The van der Waals surface area contributed by atoms with Gasteiger partial charge in [-0.15, -0.1) is 11.3 Å². The summed E-state index contributed by atoms with van der Waals surface area (Å²) in [4.78, 5) is 18.0. The molecule has 0 atom stereocenters. The topological polar surface area (TPSA) is 62.6 Å². The molecule has 0 radical (unpaired) electrons. The van der Waals surface area contributed by atoms with Gasteiger partial charge in [0.25, 0.3) is 0 Å². The molecule has 3 heterocycles. The van der Waals surface area contributed by atoms with Gasteiger partial charge in [0.2, 0.25) is 0 Å². The van der Waals surface area contributed by atoms with Crippen LogP contribution < -0.4 is 5.32 Å². The van der Waals surface area contributed by atoms with Crippen LogP contribution in [0.3, 0.4) is 0 Å². The van der Waals surface area contributed by atoms with Crippen LogP contribution in [0.4, 0.5) is 5.00 Å². The molecule has 1 aromatic carbocycles. The van der Waals surface area contributed by atoms with Crippen LogP contribution in [0.15, 0.2) is 42.6 Å². The van der Waals surface area contributed by atoms with Crippen molar-refractivity contribution in [2.75, 3.05) is 38.6 Å². The summed E-state index contributed by atoms with van der Waals surface area (Å²) in [6.07, 6.45) is 1.98. The Balaban J connectivity index is 1.40. The van der Waals surface area contributed by atoms with E-state index in [-0.39, 0.29) is 5.97 Å². The van der Waals surface area contributed by atoms with Gasteiger partial charge in [-0.05, 0) is 37.7 Å². The third-order valence-electron chi connectivity index (χ3n) is 5.97. The highest BCUT2D eigenvalue weighted by molar-refractivity contribution is 7.80. The third kappa shape index (κ3) is 5.26. The van der Waals surface area contributed by atoms with Gasteiger partial charge in [-0.1, -0.05) is 30.3 Å². The van der Waals surface area contributed by atoms with Crippen LogP contribution in [0, 0.1) is 6.92 Å². The number of benzene rings is 1. The number of anilines is 1. The number of nitrogens with one attached hydrogen (secondary N) is 1. The summed E-state index contributed by atoms with van der Waals surface area (Å²) in [5.74, 6) is -0.369. The van der Waals surface area contributed by atoms with Gasteiger partial charge in [0, 0.05) is 55.4 Å². The summed E-state index contributed by atoms with van der Waals surface area (Å²) in [6.45, 7) is 9.53. The van der Waals surface area contributed by atoms with E-state index in [0.29, 0.717) is 10.7 Å². The average molecular weight is 484 g/mol. The highest BCUT2D eigenvalue weighted by Gasteiger charge is 2.23. The van der Waals surface area contributed by atoms with Gasteiger partial charge >= 0.3 is 5.97 Å². The zero-order valence-electron chi connectivity index (χ0n) is 19.2. The highest BCUT2D eigenvalue weighted by atomic mass is 32.1. The second-order valence-corrected chi connectivity index (χ2v) is 9.41. The maximum Gasteiger partial charge on any atom is 0.340 e. The second-order valence-electron chi connectivity index (χ2n) is 7.98. The van der Waals surface area contributed by atoms with Crippen molar-refractivity contribution >= 4 is 39.6 Å². The molecule has 1 saturated heterocycles. The van der Waals surface area contributed by atoms with Crippen LogP contribution in [0.25, 0.3) is 10.4 Å². The van der Waals surface area contributed by atoms with Crippen molar-refractivity contribution in [1.82, 2.24) is 19.6 Å². The van der Waals surface area contributed by atoms with E-state index >= 15 is 0 Å². The van der Waals surface area contributed by atoms with Crippen molar-refractivity contribution in [2.24, 2.45) is 0 Å². The van der Waals surface area contributed by atoms with Crippen molar-refractivity contribution in [3.63, 3.8) is 0 Å². The predicted octanol–water partition coefficient (Wildman–Crippen LogP) is 4.24. The number of rotatable bonds is 6. The van der Waals surface area contributed by atoms with E-state index in [2.05, 4.69) is 34.1 Å². The zero-order valence-corrected chi connectivity index (χ0v) is 20.8. The molecule has 0 saturated carbocycles. The molecule has 1 aliphatic heterocycles. The van der Waals surface area contributed by atoms with Gasteiger partial charge < -0.3 is 15.0 Å². The Labute approximate surface area is 204 Å². The minimum absolute atomic E-state index is 0.369. The molecule has 174 valence electrons. The molecule has 4 rings (SSSR count). The van der Waals surface area contributed by atoms with Crippen LogP contribution in [0.5, 0.6) is 0 Å². The number of nitrogens with zero attached hydrogens (tertiary/aromatic N) is 4. The fourth-order valence-electron chi connectivity index (χ4n) is 3.98. The number of thiophene rings is 1. The number of carbonyl (C=O) groups excluding carboxylic acids is 1. The van der Waals surface area contributed by atoms with E-state index in [4.69, 9.17) is 17.0 Å². The SMILES string of the molecule is CCn1ncc(CN2CCN(C(=S)Nc3sc(-c4ccccc4)cc3C(=O)OC)CC2)c1C. The Morgan fingerprint density at radius 1 is 1.21 bits per heavy atom. The molecule has 0 spiro atoms. The number of hydrogen-bond donors (Lipinski definition) is 1. The Morgan fingerprint density at radius 3 is 2.58 bits per heavy atom. The summed E-state index contributed by atoms with van der Waals surface area (Å²) < 4.78 is 7.04. The van der Waals surface area contributed by atoms with E-state index in [1.54, 1.807) is 0 Å². The molecule has 1 fully saturated rings. The molecule has 0 amide bonds. The zero-order chi connectivity index (χ0) is 23.4. The lowest BCUT2D eigenvalue weighted by Gasteiger charge is -2.36. The van der Waals surface area contributed by atoms with Crippen molar-refractivity contribution in [1.29, 1.82) is 0 Å². The van der Waals surface area contributed by atoms with Crippen LogP contribution in [0.2, 0.25) is 0 Å². The maximum absolute atomic E-state index is 12.4. The quantitative estimate of drug-likeness (QED) is 0.416. The Bertz CT molecular complexity index is 1120. The number of aryl methyl sites for hydroxylation is 1. The number of methoxy groups -OCH3 is 1. The van der Waals surface area contributed by atoms with Gasteiger partial charge in [-0.2, -0.15) is 5.10 Å². The lowest BCUT2D eigenvalue weighted by atomic mass is 10.1. The fraction of sp³-hybridized carbons (Fsp3) is 0.375. The first-order valence-corrected chi connectivity index (χ1v) is 12.3. The van der Waals surface area contributed by atoms with Crippen LogP contribution in [-0.4, -0.2) is 64.0 Å². The van der Waals surface area contributed by atoms with Crippen LogP contribution in [0.1, 0.15) is 28.5 Å². The first-order valence-electron chi connectivity index (χ1n) is 11.1. The molecule has 2 aromatic heterocycles. The molecule has 1 aliphatic rings. The molecular formula is C24H29N5O2S2. The molecule has 7 nitrogen and oxygen atoms in total. The lowest BCUT2D eigenvalue weighted by molar-refractivity contribution is 0.0602. The Kier molecular flexibility index (Phi) is 7.42. The summed E-state index contributed by atoms with van der Waals surface area (Å²) >= 11 is 7.22. The van der Waals surface area contributed by atoms with E-state index in [0.717, 1.165) is 54.7 Å². The van der Waals surface area contributed by atoms with Crippen molar-refractivity contribution in [3.05, 3.63) is 59.4 Å². The maximum atomic E-state index is 12.4. The van der Waals surface area contributed by atoms with E-state index in [1.807, 2.05) is 47.3 Å². The largest absolute Gasteiger partial charge is 0.465 e. The smallest absolute Gasteiger partial charge is 0.340 e. The van der Waals surface area contributed by atoms with Gasteiger partial charge in [-0.3, -0.25) is 9.58 Å². The van der Waals surface area contributed by atoms with Gasteiger partial charge in [0.05, 0.1) is 18.9 Å². The highest BCUT2D eigenvalue weighted by Crippen LogP contribution is 2.36. The van der Waals surface area contributed by atoms with Crippen molar-refractivity contribution in [3.8, 4) is 10.4 Å². The molecule has 0 bridgehead atoms. The van der Waals surface area contributed by atoms with E-state index in [1.165, 1.54) is 29.7 Å². The van der Waals surface area contributed by atoms with Crippen LogP contribution in [-0.2, 0) is 17.8 Å². The van der Waals surface area contributed by atoms with Crippen molar-refractivity contribution in [2.45, 2.75) is 26.9 Å². The average Bonchev–Trinajstić information content (AvgIpc) is 3.43. The third-order valence-corrected chi connectivity index (χ3v) is 7.43. The lowest BCUT2D eigenvalue weighted by Crippen LogP contribution is -2.49. The normalized spacial score (nSPS) is 14.3. The fourth-order valence-corrected chi connectivity index (χ4v) is 5.38. The summed E-state index contributed by atoms with van der Waals surface area (Å²) in [5, 5.41) is 9.12. The minimum atomic E-state index is -0.369. The molecule has 1 N–H and O–H groups in total.